The normalized spacial score (nSPS) is 16.5. The Bertz CT molecular complexity index is 1100. The topological polar surface area (TPSA) is 140 Å². The molecule has 0 unspecified atom stereocenters. The minimum absolute atomic E-state index is 0.0324. The first-order valence-corrected chi connectivity index (χ1v) is 9.45. The number of non-ortho nitro benzene ring substituents is 1. The molecule has 2 aromatic carbocycles. The summed E-state index contributed by atoms with van der Waals surface area (Å²) in [5.74, 6) is -0.398. The number of benzene rings is 2. The summed E-state index contributed by atoms with van der Waals surface area (Å²) in [5, 5.41) is 32.2. The molecule has 10 nitrogen and oxygen atoms in total. The summed E-state index contributed by atoms with van der Waals surface area (Å²) in [6.45, 7) is 0. The van der Waals surface area contributed by atoms with Gasteiger partial charge in [-0.15, -0.1) is 5.10 Å². The Morgan fingerprint density at radius 2 is 1.72 bits per heavy atom. The van der Waals surface area contributed by atoms with Crippen molar-refractivity contribution < 1.29 is 14.6 Å². The van der Waals surface area contributed by atoms with Crippen LogP contribution >= 0.6 is 27.7 Å². The van der Waals surface area contributed by atoms with E-state index in [1.165, 1.54) is 48.7 Å². The monoisotopic (exact) mass is 475 g/mol. The van der Waals surface area contributed by atoms with Gasteiger partial charge in [-0.25, -0.2) is 0 Å². The van der Waals surface area contributed by atoms with Gasteiger partial charge in [0, 0.05) is 18.2 Å². The van der Waals surface area contributed by atoms with Crippen molar-refractivity contribution in [1.82, 2.24) is 5.32 Å². The van der Waals surface area contributed by atoms with Crippen LogP contribution in [0.3, 0.4) is 0 Å². The van der Waals surface area contributed by atoms with Crippen LogP contribution in [0.2, 0.25) is 0 Å². The number of carbonyl (C=O) groups excluding carboxylic acids is 1. The van der Waals surface area contributed by atoms with Crippen molar-refractivity contribution in [2.45, 2.75) is 0 Å². The molecule has 1 fully saturated rings. The summed E-state index contributed by atoms with van der Waals surface area (Å²) < 4.78 is 0.344. The first-order chi connectivity index (χ1) is 13.8. The quantitative estimate of drug-likeness (QED) is 0.301. The molecule has 0 aromatic heterocycles. The summed E-state index contributed by atoms with van der Waals surface area (Å²) in [5.41, 5.74) is 0.958. The molecule has 3 rings (SSSR count). The minimum Gasteiger partial charge on any atom is -0.299 e. The molecule has 1 aliphatic rings. The maximum atomic E-state index is 12.1. The maximum Gasteiger partial charge on any atom is 0.284 e. The second kappa shape index (κ2) is 8.75. The molecule has 0 saturated carbocycles. The van der Waals surface area contributed by atoms with Crippen LogP contribution in [0.5, 0.6) is 0 Å². The predicted molar refractivity (Wildman–Crippen MR) is 113 cm³/mol. The third kappa shape index (κ3) is 5.12. The number of hydrogen-bond acceptors (Lipinski definition) is 8. The summed E-state index contributed by atoms with van der Waals surface area (Å²) >= 11 is 4.15. The molecule has 1 amide bonds. The zero-order chi connectivity index (χ0) is 21.0. The van der Waals surface area contributed by atoms with E-state index in [0.717, 1.165) is 11.8 Å². The van der Waals surface area contributed by atoms with E-state index in [2.05, 4.69) is 31.4 Å². The molecule has 29 heavy (non-hydrogen) atoms. The zero-order valence-electron chi connectivity index (χ0n) is 14.3. The zero-order valence-corrected chi connectivity index (χ0v) is 16.7. The third-order valence-corrected chi connectivity index (χ3v) is 5.15. The van der Waals surface area contributed by atoms with Crippen molar-refractivity contribution in [3.63, 3.8) is 0 Å². The minimum atomic E-state index is -0.520. The Hall–Kier alpha value is -3.38. The second-order valence-corrected chi connectivity index (χ2v) is 7.42. The number of amides is 1. The Morgan fingerprint density at radius 3 is 2.38 bits per heavy atom. The molecule has 1 saturated heterocycles. The van der Waals surface area contributed by atoms with Gasteiger partial charge in [0.05, 0.1) is 25.4 Å². The van der Waals surface area contributed by atoms with Crippen LogP contribution in [0.1, 0.15) is 11.1 Å². The molecule has 0 atom stereocenters. The van der Waals surface area contributed by atoms with Crippen LogP contribution in [-0.2, 0) is 4.79 Å². The molecule has 146 valence electrons. The fourth-order valence-electron chi connectivity index (χ4n) is 2.22. The lowest BCUT2D eigenvalue weighted by molar-refractivity contribution is -0.385. The van der Waals surface area contributed by atoms with Gasteiger partial charge in [0.15, 0.2) is 5.17 Å². The first-order valence-electron chi connectivity index (χ1n) is 7.84. The van der Waals surface area contributed by atoms with Gasteiger partial charge in [0.2, 0.25) is 0 Å². The van der Waals surface area contributed by atoms with E-state index >= 15 is 0 Å². The van der Waals surface area contributed by atoms with E-state index in [0.29, 0.717) is 20.5 Å². The average Bonchev–Trinajstić information content (AvgIpc) is 3.02. The average molecular weight is 476 g/mol. The van der Waals surface area contributed by atoms with Crippen molar-refractivity contribution in [3.8, 4) is 0 Å². The molecule has 0 bridgehead atoms. The molecule has 0 spiro atoms. The van der Waals surface area contributed by atoms with Crippen LogP contribution in [0.25, 0.3) is 6.08 Å². The van der Waals surface area contributed by atoms with E-state index in [4.69, 9.17) is 0 Å². The van der Waals surface area contributed by atoms with E-state index in [-0.39, 0.29) is 16.5 Å². The van der Waals surface area contributed by atoms with Crippen LogP contribution in [0.4, 0.5) is 11.4 Å². The number of nitro benzene ring substituents is 2. The summed E-state index contributed by atoms with van der Waals surface area (Å²) in [6.07, 6.45) is 2.91. The molecule has 2 aromatic rings. The highest BCUT2D eigenvalue weighted by atomic mass is 79.9. The van der Waals surface area contributed by atoms with Gasteiger partial charge in [-0.1, -0.05) is 6.07 Å². The smallest absolute Gasteiger partial charge is 0.284 e. The van der Waals surface area contributed by atoms with Gasteiger partial charge >= 0.3 is 0 Å². The van der Waals surface area contributed by atoms with Crippen molar-refractivity contribution in [3.05, 3.63) is 83.2 Å². The lowest BCUT2D eigenvalue weighted by Crippen LogP contribution is -2.19. The Morgan fingerprint density at radius 1 is 1.03 bits per heavy atom. The number of carbonyl (C=O) groups is 1. The molecular formula is C17H10BrN5O5S. The number of nitrogens with zero attached hydrogens (tertiary/aromatic N) is 4. The molecule has 0 aliphatic carbocycles. The second-order valence-electron chi connectivity index (χ2n) is 5.53. The number of amidine groups is 1. The highest BCUT2D eigenvalue weighted by Gasteiger charge is 2.24. The van der Waals surface area contributed by atoms with Crippen molar-refractivity contribution in [1.29, 1.82) is 0 Å². The number of thioether (sulfide) groups is 1. The molecule has 1 aliphatic heterocycles. The Balaban J connectivity index is 1.72. The third-order valence-electron chi connectivity index (χ3n) is 3.57. The first kappa shape index (κ1) is 20.4. The fourth-order valence-corrected chi connectivity index (χ4v) is 3.39. The number of halogens is 1. The fraction of sp³-hybridized carbons (Fsp3) is 0. The summed E-state index contributed by atoms with van der Waals surface area (Å²) in [7, 11) is 0. The van der Waals surface area contributed by atoms with Gasteiger partial charge in [-0.2, -0.15) is 5.10 Å². The van der Waals surface area contributed by atoms with Gasteiger partial charge in [-0.05, 0) is 63.1 Å². The van der Waals surface area contributed by atoms with Crippen LogP contribution in [0.15, 0.2) is 62.0 Å². The highest BCUT2D eigenvalue weighted by molar-refractivity contribution is 9.10. The summed E-state index contributed by atoms with van der Waals surface area (Å²) in [4.78, 5) is 33.0. The van der Waals surface area contributed by atoms with E-state index < -0.39 is 15.8 Å². The van der Waals surface area contributed by atoms with Gasteiger partial charge < -0.3 is 0 Å². The lowest BCUT2D eigenvalue weighted by atomic mass is 10.2. The largest absolute Gasteiger partial charge is 0.299 e. The lowest BCUT2D eigenvalue weighted by Gasteiger charge is -1.98. The maximum absolute atomic E-state index is 12.1. The van der Waals surface area contributed by atoms with Crippen LogP contribution in [0, 0.1) is 20.2 Å². The molecule has 12 heteroatoms. The van der Waals surface area contributed by atoms with Gasteiger partial charge in [0.1, 0.15) is 0 Å². The van der Waals surface area contributed by atoms with Gasteiger partial charge in [0.25, 0.3) is 17.3 Å². The van der Waals surface area contributed by atoms with Crippen molar-refractivity contribution in [2.24, 2.45) is 10.2 Å². The molecule has 0 radical (unpaired) electrons. The van der Waals surface area contributed by atoms with Crippen LogP contribution in [-0.4, -0.2) is 27.1 Å². The molecular weight excluding hydrogens is 466 g/mol. The molecule has 1 N–H and O–H groups in total. The SMILES string of the molecule is O=C1NC(=NN=Cc2ccc([N+](=O)[O-])cc2)SC1=Cc1ccc(Br)c([N+](=O)[O-])c1. The highest BCUT2D eigenvalue weighted by Crippen LogP contribution is 2.30. The van der Waals surface area contributed by atoms with E-state index in [1.54, 1.807) is 6.07 Å². The molecule has 1 heterocycles. The number of hydrogen-bond donors (Lipinski definition) is 1. The standard InChI is InChI=1S/C17H10BrN5O5S/c18-13-6-3-11(7-14(13)23(27)28)8-15-16(24)20-17(29-15)21-19-9-10-1-4-12(5-2-10)22(25)26/h1-9H,(H,20,21,24). The Kier molecular flexibility index (Phi) is 6.14. The van der Waals surface area contributed by atoms with Crippen LogP contribution < -0.4 is 5.32 Å². The van der Waals surface area contributed by atoms with E-state index in [9.17, 15) is 25.0 Å². The number of nitro groups is 2. The number of rotatable bonds is 5. The predicted octanol–water partition coefficient (Wildman–Crippen LogP) is 3.86. The van der Waals surface area contributed by atoms with Crippen molar-refractivity contribution >= 4 is 62.4 Å². The Labute approximate surface area is 175 Å². The van der Waals surface area contributed by atoms with E-state index in [1.807, 2.05) is 0 Å². The van der Waals surface area contributed by atoms with Crippen molar-refractivity contribution in [2.75, 3.05) is 0 Å². The van der Waals surface area contributed by atoms with Gasteiger partial charge in [-0.3, -0.25) is 30.3 Å². The summed E-state index contributed by atoms with van der Waals surface area (Å²) in [6, 6.07) is 10.3. The number of nitrogens with one attached hydrogen (secondary N) is 1.